The molecule has 0 spiro atoms. The fourth-order valence-corrected chi connectivity index (χ4v) is 4.49. The van der Waals surface area contributed by atoms with Gasteiger partial charge in [0.1, 0.15) is 25.4 Å². The second-order valence-electron chi connectivity index (χ2n) is 9.68. The molecule has 2 fully saturated rings. The van der Waals surface area contributed by atoms with Crippen molar-refractivity contribution in [2.45, 2.75) is 110 Å². The summed E-state index contributed by atoms with van der Waals surface area (Å²) in [5, 5.41) is 11.0. The van der Waals surface area contributed by atoms with Gasteiger partial charge in [-0.3, -0.25) is 33.6 Å². The van der Waals surface area contributed by atoms with E-state index in [4.69, 9.17) is 47.4 Å². The highest BCUT2D eigenvalue weighted by molar-refractivity contribution is 5.69. The molecular weight excluding hydrogens is 600 g/mol. The minimum atomic E-state index is -1.99. The van der Waals surface area contributed by atoms with E-state index in [0.29, 0.717) is 0 Å². The molecule has 0 aromatic rings. The van der Waals surface area contributed by atoms with Gasteiger partial charge in [0, 0.05) is 48.5 Å². The number of ether oxygens (including phenoxy) is 10. The van der Waals surface area contributed by atoms with Gasteiger partial charge in [0.15, 0.2) is 49.2 Å². The lowest BCUT2D eigenvalue weighted by molar-refractivity contribution is -0.363. The van der Waals surface area contributed by atoms with E-state index in [0.717, 1.165) is 48.5 Å². The van der Waals surface area contributed by atoms with Crippen LogP contribution in [0.25, 0.3) is 0 Å². The quantitative estimate of drug-likeness (QED) is 0.203. The Kier molecular flexibility index (Phi) is 13.4. The van der Waals surface area contributed by atoms with E-state index < -0.39 is 116 Å². The van der Waals surface area contributed by atoms with Crippen LogP contribution in [-0.2, 0) is 80.9 Å². The Bertz CT molecular complexity index is 1090. The molecule has 2 heterocycles. The molecule has 0 saturated carbocycles. The Labute approximate surface area is 251 Å². The van der Waals surface area contributed by atoms with Crippen LogP contribution in [0.5, 0.6) is 0 Å². The molecule has 44 heavy (non-hydrogen) atoms. The third-order valence-corrected chi connectivity index (χ3v) is 5.90. The molecule has 1 N–H and O–H groups in total. The average Bonchev–Trinajstić information content (AvgIpc) is 2.87. The summed E-state index contributed by atoms with van der Waals surface area (Å²) >= 11 is 0. The zero-order valence-electron chi connectivity index (χ0n) is 25.1. The smallest absolute Gasteiger partial charge is 0.303 e. The topological polar surface area (TPSA) is 232 Å². The second-order valence-corrected chi connectivity index (χ2v) is 9.68. The number of hydrogen-bond donors (Lipinski definition) is 1. The first-order chi connectivity index (χ1) is 20.5. The van der Waals surface area contributed by atoms with Gasteiger partial charge in [0.05, 0.1) is 0 Å². The number of rotatable bonds is 11. The van der Waals surface area contributed by atoms with Crippen LogP contribution in [-0.4, -0.2) is 122 Å². The van der Waals surface area contributed by atoms with Crippen molar-refractivity contribution in [3.05, 3.63) is 0 Å². The molecular formula is C26H36O18. The second kappa shape index (κ2) is 16.3. The fraction of sp³-hybridized carbons (Fsp3) is 0.731. The summed E-state index contributed by atoms with van der Waals surface area (Å²) in [6.07, 6.45) is -16.3. The highest BCUT2D eigenvalue weighted by atomic mass is 16.8. The van der Waals surface area contributed by atoms with Crippen molar-refractivity contribution in [3.8, 4) is 0 Å². The summed E-state index contributed by atoms with van der Waals surface area (Å²) in [7, 11) is 0. The van der Waals surface area contributed by atoms with E-state index in [1.54, 1.807) is 0 Å². The van der Waals surface area contributed by atoms with E-state index in [2.05, 4.69) is 0 Å². The molecule has 0 aromatic heterocycles. The molecule has 2 aliphatic heterocycles. The number of carbonyl (C=O) groups is 7. The molecule has 0 aromatic carbocycles. The summed E-state index contributed by atoms with van der Waals surface area (Å²) < 4.78 is 53.9. The summed E-state index contributed by atoms with van der Waals surface area (Å²) in [5.41, 5.74) is 0. The Hall–Kier alpha value is -3.87. The van der Waals surface area contributed by atoms with Crippen molar-refractivity contribution in [3.63, 3.8) is 0 Å². The molecule has 248 valence electrons. The fourth-order valence-electron chi connectivity index (χ4n) is 4.49. The van der Waals surface area contributed by atoms with E-state index in [-0.39, 0.29) is 0 Å². The zero-order valence-corrected chi connectivity index (χ0v) is 25.1. The lowest BCUT2D eigenvalue weighted by Gasteiger charge is -2.47. The molecule has 0 aliphatic carbocycles. The van der Waals surface area contributed by atoms with Gasteiger partial charge in [-0.2, -0.15) is 0 Å². The summed E-state index contributed by atoms with van der Waals surface area (Å²) in [5.74, 6) is -5.97. The highest BCUT2D eigenvalue weighted by Gasteiger charge is 2.57. The molecule has 10 atom stereocenters. The van der Waals surface area contributed by atoms with Crippen molar-refractivity contribution in [2.24, 2.45) is 0 Å². The monoisotopic (exact) mass is 636 g/mol. The standard InChI is InChI=1S/C26H36O18/c1-10(27)35-8-17-19(37-12(3)29)21(39-14(5)31)23(25(34)42-17)44-26-24(41-16(7)33)22(40-15(6)32)20(38-13(4)30)18(43-26)9-36-11(2)28/h17-26,34H,8-9H2,1-7H3. The Balaban J connectivity index is 2.59. The Morgan fingerprint density at radius 1 is 0.477 bits per heavy atom. The number of carbonyl (C=O) groups excluding carboxylic acids is 7. The predicted octanol–water partition coefficient (Wildman–Crippen LogP) is -1.40. The van der Waals surface area contributed by atoms with Gasteiger partial charge in [0.2, 0.25) is 0 Å². The normalized spacial score (nSPS) is 31.5. The van der Waals surface area contributed by atoms with Crippen LogP contribution in [0.4, 0.5) is 0 Å². The third-order valence-electron chi connectivity index (χ3n) is 5.90. The lowest BCUT2D eigenvalue weighted by Crippen LogP contribution is -2.67. The molecule has 2 saturated heterocycles. The Morgan fingerprint density at radius 3 is 1.20 bits per heavy atom. The lowest BCUT2D eigenvalue weighted by atomic mass is 9.96. The maximum atomic E-state index is 12.1. The highest BCUT2D eigenvalue weighted by Crippen LogP contribution is 2.34. The molecule has 10 unspecified atom stereocenters. The van der Waals surface area contributed by atoms with E-state index in [1.807, 2.05) is 0 Å². The van der Waals surface area contributed by atoms with Crippen LogP contribution in [0.1, 0.15) is 48.5 Å². The largest absolute Gasteiger partial charge is 0.463 e. The third kappa shape index (κ3) is 10.7. The number of aliphatic hydroxyl groups is 1. The molecule has 0 bridgehead atoms. The number of hydrogen-bond acceptors (Lipinski definition) is 18. The van der Waals surface area contributed by atoms with Gasteiger partial charge in [-0.05, 0) is 0 Å². The van der Waals surface area contributed by atoms with Gasteiger partial charge >= 0.3 is 41.8 Å². The van der Waals surface area contributed by atoms with Crippen molar-refractivity contribution in [1.82, 2.24) is 0 Å². The molecule has 2 aliphatic rings. The van der Waals surface area contributed by atoms with Crippen molar-refractivity contribution in [1.29, 1.82) is 0 Å². The van der Waals surface area contributed by atoms with E-state index >= 15 is 0 Å². The minimum absolute atomic E-state index is 0.534. The average molecular weight is 637 g/mol. The van der Waals surface area contributed by atoms with E-state index in [1.165, 1.54) is 0 Å². The molecule has 18 nitrogen and oxygen atoms in total. The summed E-state index contributed by atoms with van der Waals surface area (Å²) in [6, 6.07) is 0. The molecule has 2 rings (SSSR count). The van der Waals surface area contributed by atoms with Gasteiger partial charge in [-0.25, -0.2) is 0 Å². The number of aliphatic hydroxyl groups excluding tert-OH is 1. The first-order valence-electron chi connectivity index (χ1n) is 13.3. The first kappa shape index (κ1) is 36.3. The van der Waals surface area contributed by atoms with Crippen molar-refractivity contribution >= 4 is 41.8 Å². The predicted molar refractivity (Wildman–Crippen MR) is 135 cm³/mol. The van der Waals surface area contributed by atoms with Crippen molar-refractivity contribution in [2.75, 3.05) is 13.2 Å². The molecule has 0 amide bonds. The zero-order chi connectivity index (χ0) is 33.3. The summed E-state index contributed by atoms with van der Waals surface area (Å²) in [4.78, 5) is 83.3. The van der Waals surface area contributed by atoms with E-state index in [9.17, 15) is 38.7 Å². The minimum Gasteiger partial charge on any atom is -0.463 e. The number of esters is 7. The maximum absolute atomic E-state index is 12.1. The van der Waals surface area contributed by atoms with Gasteiger partial charge in [-0.15, -0.1) is 0 Å². The Morgan fingerprint density at radius 2 is 0.818 bits per heavy atom. The summed E-state index contributed by atoms with van der Waals surface area (Å²) in [6.45, 7) is 6.19. The molecule has 18 heteroatoms. The van der Waals surface area contributed by atoms with Crippen LogP contribution in [0.3, 0.4) is 0 Å². The van der Waals surface area contributed by atoms with Gasteiger partial charge < -0.3 is 52.5 Å². The van der Waals surface area contributed by atoms with Gasteiger partial charge in [-0.1, -0.05) is 0 Å². The molecule has 0 radical (unpaired) electrons. The van der Waals surface area contributed by atoms with Crippen LogP contribution in [0, 0.1) is 0 Å². The van der Waals surface area contributed by atoms with Crippen LogP contribution >= 0.6 is 0 Å². The van der Waals surface area contributed by atoms with Crippen molar-refractivity contribution < 1.29 is 86.0 Å². The SMILES string of the molecule is CC(=O)OCC1OC(O)C(OC2OC(COC(C)=O)C(OC(C)=O)C(OC(C)=O)C2OC(C)=O)C(OC(C)=O)C1OC(C)=O. The maximum Gasteiger partial charge on any atom is 0.303 e. The van der Waals surface area contributed by atoms with Crippen LogP contribution in [0.15, 0.2) is 0 Å². The van der Waals surface area contributed by atoms with Gasteiger partial charge in [0.25, 0.3) is 0 Å². The van der Waals surface area contributed by atoms with Crippen LogP contribution in [0.2, 0.25) is 0 Å². The first-order valence-corrected chi connectivity index (χ1v) is 13.3. The van der Waals surface area contributed by atoms with Crippen LogP contribution < -0.4 is 0 Å².